The summed E-state index contributed by atoms with van der Waals surface area (Å²) in [6, 6.07) is 6.46. The molecule has 1 saturated carbocycles. The smallest absolute Gasteiger partial charge is 0.327 e. The molecule has 2 N–H and O–H groups in total. The van der Waals surface area contributed by atoms with Crippen LogP contribution < -0.4 is 10.1 Å². The van der Waals surface area contributed by atoms with Crippen LogP contribution in [0.2, 0.25) is 0 Å². The van der Waals surface area contributed by atoms with Crippen LogP contribution in [0.15, 0.2) is 36.8 Å². The molecule has 0 spiro atoms. The van der Waals surface area contributed by atoms with Crippen LogP contribution >= 0.6 is 12.8 Å². The van der Waals surface area contributed by atoms with E-state index in [1.165, 1.54) is 36.4 Å². The average molecular weight is 572 g/mol. The van der Waals surface area contributed by atoms with Crippen molar-refractivity contribution in [2.45, 2.75) is 82.8 Å². The first-order chi connectivity index (χ1) is 19.5. The number of amides is 3. The maximum absolute atomic E-state index is 14.0. The van der Waals surface area contributed by atoms with Crippen LogP contribution in [-0.4, -0.2) is 76.1 Å². The molecule has 2 aromatic rings. The number of piperidine rings is 1. The largest absolute Gasteiger partial charge is 0.497 e. The van der Waals surface area contributed by atoms with Gasteiger partial charge in [-0.2, -0.15) is 0 Å². The van der Waals surface area contributed by atoms with E-state index in [1.54, 1.807) is 19.6 Å². The molecule has 220 valence electrons. The van der Waals surface area contributed by atoms with Gasteiger partial charge in [-0.25, -0.2) is 9.78 Å². The quantitative estimate of drug-likeness (QED) is 0.318. The van der Waals surface area contributed by atoms with Crippen molar-refractivity contribution in [1.29, 1.82) is 0 Å². The highest BCUT2D eigenvalue weighted by atomic mass is 32.1. The van der Waals surface area contributed by atoms with Gasteiger partial charge in [0.05, 0.1) is 19.0 Å². The molecule has 10 heteroatoms. The van der Waals surface area contributed by atoms with Crippen molar-refractivity contribution < 1.29 is 19.1 Å². The number of hydrogen-bond donors (Lipinski definition) is 3. The maximum Gasteiger partial charge on any atom is 0.327 e. The van der Waals surface area contributed by atoms with Gasteiger partial charge in [0.2, 0.25) is 5.91 Å². The molecule has 1 aromatic heterocycles. The van der Waals surface area contributed by atoms with Crippen molar-refractivity contribution in [2.24, 2.45) is 5.92 Å². The Morgan fingerprint density at radius 3 is 2.55 bits per heavy atom. The number of hydrogen-bond acceptors (Lipinski definition) is 6. The lowest BCUT2D eigenvalue weighted by Crippen LogP contribution is -2.57. The SMILES string of the molecule is CCCOC1(C2CCCCC2)CCN(C(=O)[C@@H](Cc2ccc(OC)cc2)N(S)C(=O)NCCc2cnc[nH]2)CC1. The van der Waals surface area contributed by atoms with Crippen molar-refractivity contribution in [2.75, 3.05) is 33.4 Å². The van der Waals surface area contributed by atoms with E-state index in [0.717, 1.165) is 42.9 Å². The number of aromatic amines is 1. The minimum atomic E-state index is -0.748. The average Bonchev–Trinajstić information content (AvgIpc) is 3.53. The van der Waals surface area contributed by atoms with Crippen LogP contribution in [0.4, 0.5) is 4.79 Å². The summed E-state index contributed by atoms with van der Waals surface area (Å²) in [6.07, 6.45) is 13.2. The molecule has 1 atom stereocenters. The molecule has 1 saturated heterocycles. The van der Waals surface area contributed by atoms with Crippen molar-refractivity contribution in [3.8, 4) is 5.75 Å². The molecule has 2 heterocycles. The van der Waals surface area contributed by atoms with E-state index < -0.39 is 12.1 Å². The van der Waals surface area contributed by atoms with E-state index in [1.807, 2.05) is 29.2 Å². The zero-order valence-electron chi connectivity index (χ0n) is 23.9. The summed E-state index contributed by atoms with van der Waals surface area (Å²) in [7, 11) is 1.62. The summed E-state index contributed by atoms with van der Waals surface area (Å²) in [5, 5.41) is 2.89. The molecule has 3 amide bonds. The number of imidazole rings is 1. The molecule has 1 aliphatic heterocycles. The van der Waals surface area contributed by atoms with E-state index >= 15 is 0 Å². The topological polar surface area (TPSA) is 99.8 Å². The van der Waals surface area contributed by atoms with Crippen molar-refractivity contribution in [3.63, 3.8) is 0 Å². The molecule has 4 rings (SSSR count). The Morgan fingerprint density at radius 1 is 1.20 bits per heavy atom. The minimum absolute atomic E-state index is 0.0812. The third kappa shape index (κ3) is 7.72. The van der Waals surface area contributed by atoms with Gasteiger partial charge in [-0.15, -0.1) is 0 Å². The number of likely N-dealkylation sites (tertiary alicyclic amines) is 1. The van der Waals surface area contributed by atoms with Gasteiger partial charge in [0, 0.05) is 51.0 Å². The van der Waals surface area contributed by atoms with E-state index in [2.05, 4.69) is 35.0 Å². The van der Waals surface area contributed by atoms with Crippen molar-refractivity contribution in [1.82, 2.24) is 24.5 Å². The van der Waals surface area contributed by atoms with Gasteiger partial charge < -0.3 is 24.7 Å². The number of carbonyl (C=O) groups is 2. The summed E-state index contributed by atoms with van der Waals surface area (Å²) in [5.41, 5.74) is 1.71. The van der Waals surface area contributed by atoms with E-state index in [9.17, 15) is 9.59 Å². The van der Waals surface area contributed by atoms with Crippen LogP contribution in [0.1, 0.15) is 69.5 Å². The van der Waals surface area contributed by atoms with Gasteiger partial charge in [0.1, 0.15) is 11.8 Å². The lowest BCUT2D eigenvalue weighted by atomic mass is 9.72. The van der Waals surface area contributed by atoms with Crippen LogP contribution in [0.25, 0.3) is 0 Å². The summed E-state index contributed by atoms with van der Waals surface area (Å²) in [4.78, 5) is 36.1. The molecule has 9 nitrogen and oxygen atoms in total. The first-order valence-electron chi connectivity index (χ1n) is 14.7. The van der Waals surface area contributed by atoms with Crippen LogP contribution in [0.3, 0.4) is 0 Å². The number of H-pyrrole nitrogens is 1. The second-order valence-electron chi connectivity index (χ2n) is 11.0. The Balaban J connectivity index is 1.45. The molecular formula is C30H45N5O4S. The third-order valence-corrected chi connectivity index (χ3v) is 8.93. The highest BCUT2D eigenvalue weighted by Crippen LogP contribution is 2.42. The normalized spacial score (nSPS) is 18.2. The number of methoxy groups -OCH3 is 1. The number of nitrogens with zero attached hydrogens (tertiary/aromatic N) is 3. The molecule has 1 aliphatic carbocycles. The van der Waals surface area contributed by atoms with Crippen LogP contribution in [-0.2, 0) is 22.4 Å². The molecule has 0 unspecified atom stereocenters. The minimum Gasteiger partial charge on any atom is -0.497 e. The predicted octanol–water partition coefficient (Wildman–Crippen LogP) is 4.80. The molecule has 1 aromatic carbocycles. The fourth-order valence-electron chi connectivity index (χ4n) is 6.13. The number of aromatic nitrogens is 2. The number of thiol groups is 1. The summed E-state index contributed by atoms with van der Waals surface area (Å²) < 4.78 is 13.1. The lowest BCUT2D eigenvalue weighted by Gasteiger charge is -2.48. The van der Waals surface area contributed by atoms with Gasteiger partial charge in [0.15, 0.2) is 0 Å². The Kier molecular flexibility index (Phi) is 11.2. The van der Waals surface area contributed by atoms with Crippen LogP contribution in [0, 0.1) is 5.92 Å². The molecule has 2 fully saturated rings. The fourth-order valence-corrected chi connectivity index (χ4v) is 6.38. The third-order valence-electron chi connectivity index (χ3n) is 8.47. The summed E-state index contributed by atoms with van der Waals surface area (Å²) in [6.45, 7) is 4.57. The number of carbonyl (C=O) groups excluding carboxylic acids is 2. The molecule has 40 heavy (non-hydrogen) atoms. The van der Waals surface area contributed by atoms with E-state index in [0.29, 0.717) is 38.4 Å². The number of ether oxygens (including phenoxy) is 2. The van der Waals surface area contributed by atoms with Gasteiger partial charge in [0.25, 0.3) is 0 Å². The maximum atomic E-state index is 14.0. The monoisotopic (exact) mass is 571 g/mol. The Morgan fingerprint density at radius 2 is 1.93 bits per heavy atom. The van der Waals surface area contributed by atoms with Gasteiger partial charge in [-0.3, -0.25) is 9.10 Å². The second-order valence-corrected chi connectivity index (χ2v) is 11.5. The zero-order chi connectivity index (χ0) is 28.4. The summed E-state index contributed by atoms with van der Waals surface area (Å²) >= 11 is 4.56. The molecular weight excluding hydrogens is 526 g/mol. The van der Waals surface area contributed by atoms with E-state index in [-0.39, 0.29) is 11.5 Å². The van der Waals surface area contributed by atoms with Crippen molar-refractivity contribution in [3.05, 3.63) is 48.0 Å². The Bertz CT molecular complexity index is 1050. The highest BCUT2D eigenvalue weighted by molar-refractivity contribution is 7.78. The number of benzene rings is 1. The standard InChI is InChI=1S/C30H45N5O4S/c1-3-19-39-30(24-7-5-4-6-8-24)14-17-34(18-15-30)28(36)27(20-23-9-11-26(38-2)12-10-23)35(40)29(37)32-16-13-25-21-31-22-33-25/h9-12,21-22,24,27,40H,3-8,13-20H2,1-2H3,(H,31,33)(H,32,37)/t27-/m1/s1. The first kappa shape index (κ1) is 30.2. The van der Waals surface area contributed by atoms with Gasteiger partial charge in [-0.1, -0.05) is 51.1 Å². The first-order valence-corrected chi connectivity index (χ1v) is 15.1. The fraction of sp³-hybridized carbons (Fsp3) is 0.633. The predicted molar refractivity (Wildman–Crippen MR) is 158 cm³/mol. The molecule has 0 bridgehead atoms. The zero-order valence-corrected chi connectivity index (χ0v) is 24.8. The second kappa shape index (κ2) is 14.8. The summed E-state index contributed by atoms with van der Waals surface area (Å²) in [5.74, 6) is 1.22. The number of urea groups is 1. The molecule has 0 radical (unpaired) electrons. The lowest BCUT2D eigenvalue weighted by molar-refractivity contribution is -0.150. The molecule has 2 aliphatic rings. The van der Waals surface area contributed by atoms with E-state index in [4.69, 9.17) is 9.47 Å². The van der Waals surface area contributed by atoms with Crippen LogP contribution in [0.5, 0.6) is 5.75 Å². The van der Waals surface area contributed by atoms with Gasteiger partial charge in [-0.05, 0) is 55.7 Å². The number of rotatable bonds is 12. The Labute approximate surface area is 243 Å². The Hall–Kier alpha value is -2.72. The van der Waals surface area contributed by atoms with Crippen molar-refractivity contribution >= 4 is 24.8 Å². The highest BCUT2D eigenvalue weighted by Gasteiger charge is 2.44. The number of nitrogens with one attached hydrogen (secondary N) is 2. The van der Waals surface area contributed by atoms with Gasteiger partial charge >= 0.3 is 6.03 Å².